The fourth-order valence-electron chi connectivity index (χ4n) is 9.59. The predicted molar refractivity (Wildman–Crippen MR) is 357 cm³/mol. The van der Waals surface area contributed by atoms with Crippen LogP contribution in [0.15, 0.2) is 122 Å². The van der Waals surface area contributed by atoms with Crippen molar-refractivity contribution in [2.24, 2.45) is 0 Å². The van der Waals surface area contributed by atoms with Gasteiger partial charge in [-0.15, -0.1) is 0 Å². The Morgan fingerprint density at radius 2 is 0.476 bits per heavy atom. The van der Waals surface area contributed by atoms with Crippen LogP contribution < -0.4 is 0 Å². The fraction of sp³-hybridized carbons (Fsp3) is 0.697. The third-order valence-corrected chi connectivity index (χ3v) is 14.7. The van der Waals surface area contributed by atoms with Crippen molar-refractivity contribution in [2.75, 3.05) is 13.2 Å². The Balaban J connectivity index is 4.30. The first-order valence-corrected chi connectivity index (χ1v) is 34.5. The number of unbranched alkanes of at least 4 members (excludes halogenated alkanes) is 31. The summed E-state index contributed by atoms with van der Waals surface area (Å²) >= 11 is 0. The van der Waals surface area contributed by atoms with Gasteiger partial charge >= 0.3 is 17.9 Å². The van der Waals surface area contributed by atoms with E-state index in [-0.39, 0.29) is 31.1 Å². The van der Waals surface area contributed by atoms with Crippen LogP contribution in [0.4, 0.5) is 0 Å². The molecule has 0 aromatic heterocycles. The molecule has 6 heteroatoms. The summed E-state index contributed by atoms with van der Waals surface area (Å²) in [5.41, 5.74) is 0. The van der Waals surface area contributed by atoms with Gasteiger partial charge in [-0.25, -0.2) is 0 Å². The first kappa shape index (κ1) is 77.8. The van der Waals surface area contributed by atoms with E-state index in [0.29, 0.717) is 19.3 Å². The van der Waals surface area contributed by atoms with Crippen LogP contribution in [0.5, 0.6) is 0 Å². The molecule has 0 aromatic carbocycles. The molecule has 1 unspecified atom stereocenters. The van der Waals surface area contributed by atoms with Crippen LogP contribution in [0.3, 0.4) is 0 Å². The van der Waals surface area contributed by atoms with Gasteiger partial charge in [0.2, 0.25) is 0 Å². The van der Waals surface area contributed by atoms with Crippen LogP contribution in [0.25, 0.3) is 0 Å². The van der Waals surface area contributed by atoms with E-state index in [1.54, 1.807) is 0 Å². The standard InChI is InChI=1S/C76H128O6/c1-4-7-10-13-16-19-22-24-26-28-30-32-33-34-35-36-37-38-39-40-41-42-43-45-46-48-50-52-54-57-60-63-66-69-75(78)81-72-73(71-80-74(77)68-65-62-59-56-21-18-15-12-9-6-3)82-76(79)70-67-64-61-58-55-53-51-49-47-44-31-29-27-25-23-20-17-14-11-8-5-2/h7,10,16,19,24,26,30,32,34-35,37-38,40-41,43,45,48,50,54,57,73H,4-6,8-9,11-15,17-18,20-23,25,27-29,31,33,36,39,42,44,46-47,49,51-53,55-56,58-72H2,1-3H3/b10-7-,19-16-,26-24-,32-30-,35-34-,38-37-,41-40-,45-43-,50-48-,57-54-. The van der Waals surface area contributed by atoms with Gasteiger partial charge in [-0.1, -0.05) is 328 Å². The molecule has 1 atom stereocenters. The molecule has 468 valence electrons. The summed E-state index contributed by atoms with van der Waals surface area (Å²) < 4.78 is 16.9. The lowest BCUT2D eigenvalue weighted by molar-refractivity contribution is -0.167. The SMILES string of the molecule is CC/C=C\C/C=C\C/C=C\C/C=C\C/C=C\C/C=C\C/C=C\C/C=C\C/C=C\C/C=C\CCCCC(=O)OCC(COC(=O)CCCCCCCCCCCC)OC(=O)CCCCCCCCCCCCCCCCCCCCCCC. The Hall–Kier alpha value is -4.19. The summed E-state index contributed by atoms with van der Waals surface area (Å²) in [6, 6.07) is 0. The molecule has 0 amide bonds. The molecule has 0 aromatic rings. The van der Waals surface area contributed by atoms with E-state index in [9.17, 15) is 14.4 Å². The number of hydrogen-bond donors (Lipinski definition) is 0. The number of allylic oxidation sites excluding steroid dienone is 20. The van der Waals surface area contributed by atoms with Gasteiger partial charge in [-0.3, -0.25) is 14.4 Å². The lowest BCUT2D eigenvalue weighted by atomic mass is 10.0. The van der Waals surface area contributed by atoms with Gasteiger partial charge in [-0.05, 0) is 96.3 Å². The summed E-state index contributed by atoms with van der Waals surface area (Å²) in [6.45, 7) is 6.51. The lowest BCUT2D eigenvalue weighted by Crippen LogP contribution is -2.30. The van der Waals surface area contributed by atoms with E-state index in [0.717, 1.165) is 122 Å². The van der Waals surface area contributed by atoms with Crippen LogP contribution in [0.2, 0.25) is 0 Å². The molecular weight excluding hydrogens is 1010 g/mol. The van der Waals surface area contributed by atoms with E-state index in [1.165, 1.54) is 161 Å². The molecule has 0 radical (unpaired) electrons. The van der Waals surface area contributed by atoms with Crippen molar-refractivity contribution in [2.45, 2.75) is 329 Å². The number of esters is 3. The zero-order valence-electron chi connectivity index (χ0n) is 53.7. The average molecular weight is 1140 g/mol. The minimum atomic E-state index is -0.795. The van der Waals surface area contributed by atoms with Gasteiger partial charge in [0.05, 0.1) is 0 Å². The molecule has 0 aliphatic carbocycles. The van der Waals surface area contributed by atoms with Crippen LogP contribution in [0, 0.1) is 0 Å². The van der Waals surface area contributed by atoms with Crippen molar-refractivity contribution in [1.82, 2.24) is 0 Å². The maximum Gasteiger partial charge on any atom is 0.306 e. The summed E-state index contributed by atoms with van der Waals surface area (Å²) in [6.07, 6.45) is 96.6. The second-order valence-corrected chi connectivity index (χ2v) is 22.7. The van der Waals surface area contributed by atoms with Crippen molar-refractivity contribution < 1.29 is 28.6 Å². The highest BCUT2D eigenvalue weighted by atomic mass is 16.6. The van der Waals surface area contributed by atoms with Gasteiger partial charge < -0.3 is 14.2 Å². The number of carbonyl (C=O) groups excluding carboxylic acids is 3. The predicted octanol–water partition coefficient (Wildman–Crippen LogP) is 23.9. The highest BCUT2D eigenvalue weighted by molar-refractivity contribution is 5.71. The monoisotopic (exact) mass is 1140 g/mol. The van der Waals surface area contributed by atoms with E-state index in [2.05, 4.69) is 142 Å². The fourth-order valence-corrected chi connectivity index (χ4v) is 9.59. The Kier molecular flexibility index (Phi) is 65.8. The number of carbonyl (C=O) groups is 3. The Bertz CT molecular complexity index is 1690. The topological polar surface area (TPSA) is 78.9 Å². The molecule has 0 bridgehead atoms. The lowest BCUT2D eigenvalue weighted by Gasteiger charge is -2.18. The minimum absolute atomic E-state index is 0.0892. The molecule has 0 spiro atoms. The van der Waals surface area contributed by atoms with E-state index < -0.39 is 6.10 Å². The van der Waals surface area contributed by atoms with Crippen molar-refractivity contribution in [3.63, 3.8) is 0 Å². The van der Waals surface area contributed by atoms with Crippen LogP contribution in [0.1, 0.15) is 323 Å². The molecule has 6 nitrogen and oxygen atoms in total. The first-order valence-electron chi connectivity index (χ1n) is 34.5. The largest absolute Gasteiger partial charge is 0.462 e. The molecule has 0 aliphatic rings. The molecule has 0 rings (SSSR count). The van der Waals surface area contributed by atoms with Crippen molar-refractivity contribution in [3.05, 3.63) is 122 Å². The molecule has 0 saturated carbocycles. The summed E-state index contributed by atoms with van der Waals surface area (Å²) in [4.78, 5) is 38.3. The quantitative estimate of drug-likeness (QED) is 0.0261. The Morgan fingerprint density at radius 3 is 0.744 bits per heavy atom. The van der Waals surface area contributed by atoms with Gasteiger partial charge in [0.25, 0.3) is 0 Å². The average Bonchev–Trinajstić information content (AvgIpc) is 3.48. The Labute approximate surface area is 507 Å². The molecule has 0 fully saturated rings. The molecular formula is C76H128O6. The van der Waals surface area contributed by atoms with E-state index >= 15 is 0 Å². The summed E-state index contributed by atoms with van der Waals surface area (Å²) in [7, 11) is 0. The second kappa shape index (κ2) is 69.3. The smallest absolute Gasteiger partial charge is 0.306 e. The van der Waals surface area contributed by atoms with Gasteiger partial charge in [0, 0.05) is 19.3 Å². The van der Waals surface area contributed by atoms with Gasteiger partial charge in [-0.2, -0.15) is 0 Å². The maximum absolute atomic E-state index is 12.9. The zero-order chi connectivity index (χ0) is 59.2. The minimum Gasteiger partial charge on any atom is -0.462 e. The maximum atomic E-state index is 12.9. The summed E-state index contributed by atoms with van der Waals surface area (Å²) in [5, 5.41) is 0. The molecule has 0 heterocycles. The third kappa shape index (κ3) is 66.6. The second-order valence-electron chi connectivity index (χ2n) is 22.7. The Morgan fingerprint density at radius 1 is 0.256 bits per heavy atom. The van der Waals surface area contributed by atoms with Crippen molar-refractivity contribution in [1.29, 1.82) is 0 Å². The zero-order valence-corrected chi connectivity index (χ0v) is 53.7. The summed E-state index contributed by atoms with van der Waals surface area (Å²) in [5.74, 6) is -0.925. The molecule has 0 saturated heterocycles. The third-order valence-electron chi connectivity index (χ3n) is 14.7. The van der Waals surface area contributed by atoms with Crippen LogP contribution in [-0.2, 0) is 28.6 Å². The molecule has 0 N–H and O–H groups in total. The van der Waals surface area contributed by atoms with Crippen molar-refractivity contribution in [3.8, 4) is 0 Å². The molecule has 82 heavy (non-hydrogen) atoms. The number of hydrogen-bond acceptors (Lipinski definition) is 6. The van der Waals surface area contributed by atoms with Crippen LogP contribution in [-0.4, -0.2) is 37.2 Å². The van der Waals surface area contributed by atoms with Gasteiger partial charge in [0.15, 0.2) is 6.10 Å². The van der Waals surface area contributed by atoms with Crippen LogP contribution >= 0.6 is 0 Å². The van der Waals surface area contributed by atoms with Crippen molar-refractivity contribution >= 4 is 17.9 Å². The molecule has 0 aliphatic heterocycles. The van der Waals surface area contributed by atoms with Gasteiger partial charge in [0.1, 0.15) is 13.2 Å². The highest BCUT2D eigenvalue weighted by Gasteiger charge is 2.19. The number of ether oxygens (including phenoxy) is 3. The normalized spacial score (nSPS) is 12.9. The number of rotatable bonds is 62. The van der Waals surface area contributed by atoms with E-state index in [4.69, 9.17) is 14.2 Å². The van der Waals surface area contributed by atoms with E-state index in [1.807, 2.05) is 0 Å². The first-order chi connectivity index (χ1) is 40.5. The highest BCUT2D eigenvalue weighted by Crippen LogP contribution is 2.17.